The van der Waals surface area contributed by atoms with Crippen molar-refractivity contribution in [2.24, 2.45) is 5.92 Å². The summed E-state index contributed by atoms with van der Waals surface area (Å²) in [6.07, 6.45) is 9.92. The van der Waals surface area contributed by atoms with Crippen molar-refractivity contribution < 1.29 is 5.11 Å². The largest absolute Gasteiger partial charge is 0.389 e. The molecule has 11 heavy (non-hydrogen) atoms. The molecule has 0 saturated carbocycles. The van der Waals surface area contributed by atoms with Crippen molar-refractivity contribution in [2.45, 2.75) is 45.1 Å². The van der Waals surface area contributed by atoms with Gasteiger partial charge in [0.05, 0.1) is 6.10 Å². The summed E-state index contributed by atoms with van der Waals surface area (Å²) in [5.74, 6) is 0.542. The van der Waals surface area contributed by atoms with Gasteiger partial charge in [0.1, 0.15) is 0 Å². The maximum Gasteiger partial charge on any atom is 0.0749 e. The zero-order valence-corrected chi connectivity index (χ0v) is 7.29. The van der Waals surface area contributed by atoms with Gasteiger partial charge in [0.2, 0.25) is 0 Å². The summed E-state index contributed by atoms with van der Waals surface area (Å²) in [6.45, 7) is 2.20. The van der Waals surface area contributed by atoms with Gasteiger partial charge in [-0.3, -0.25) is 0 Å². The third-order valence-corrected chi connectivity index (χ3v) is 2.45. The molecule has 0 aromatic rings. The van der Waals surface area contributed by atoms with Crippen molar-refractivity contribution >= 4 is 0 Å². The molecule has 1 heteroatoms. The first-order chi connectivity index (χ1) is 5.34. The lowest BCUT2D eigenvalue weighted by Gasteiger charge is -2.22. The van der Waals surface area contributed by atoms with E-state index >= 15 is 0 Å². The molecule has 0 saturated heterocycles. The average molecular weight is 154 g/mol. The molecule has 0 aromatic heterocycles. The molecule has 0 radical (unpaired) electrons. The highest BCUT2D eigenvalue weighted by Crippen LogP contribution is 2.23. The van der Waals surface area contributed by atoms with Crippen molar-refractivity contribution in [1.29, 1.82) is 0 Å². The van der Waals surface area contributed by atoms with Crippen LogP contribution in [0.4, 0.5) is 0 Å². The van der Waals surface area contributed by atoms with E-state index < -0.39 is 0 Å². The Labute approximate surface area is 69.1 Å². The van der Waals surface area contributed by atoms with E-state index in [4.69, 9.17) is 0 Å². The van der Waals surface area contributed by atoms with Crippen molar-refractivity contribution in [1.82, 2.24) is 0 Å². The summed E-state index contributed by atoms with van der Waals surface area (Å²) >= 11 is 0. The van der Waals surface area contributed by atoms with Crippen molar-refractivity contribution in [2.75, 3.05) is 0 Å². The Bertz CT molecular complexity index is 129. The van der Waals surface area contributed by atoms with Crippen LogP contribution in [0, 0.1) is 5.92 Å². The molecule has 64 valence electrons. The smallest absolute Gasteiger partial charge is 0.0749 e. The van der Waals surface area contributed by atoms with E-state index in [1.54, 1.807) is 0 Å². The van der Waals surface area contributed by atoms with E-state index in [0.717, 1.165) is 6.42 Å². The normalized spacial score (nSPS) is 30.7. The SMILES string of the molecule is CCCCC1CCC=C[C@@H]1O. The van der Waals surface area contributed by atoms with Crippen LogP contribution in [-0.2, 0) is 0 Å². The van der Waals surface area contributed by atoms with Crippen LogP contribution in [0.15, 0.2) is 12.2 Å². The number of aliphatic hydroxyl groups is 1. The Kier molecular flexibility index (Phi) is 3.64. The minimum absolute atomic E-state index is 0.157. The van der Waals surface area contributed by atoms with E-state index in [2.05, 4.69) is 13.0 Å². The van der Waals surface area contributed by atoms with Gasteiger partial charge in [0, 0.05) is 0 Å². The summed E-state index contributed by atoms with van der Waals surface area (Å²) in [4.78, 5) is 0. The lowest BCUT2D eigenvalue weighted by atomic mass is 9.87. The molecule has 0 spiro atoms. The monoisotopic (exact) mass is 154 g/mol. The molecule has 1 N–H and O–H groups in total. The Hall–Kier alpha value is -0.300. The molecular formula is C10H18O. The fourth-order valence-corrected chi connectivity index (χ4v) is 1.66. The van der Waals surface area contributed by atoms with Crippen LogP contribution in [0.2, 0.25) is 0 Å². The van der Waals surface area contributed by atoms with Gasteiger partial charge >= 0.3 is 0 Å². The maximum absolute atomic E-state index is 9.51. The molecule has 0 aliphatic heterocycles. The zero-order chi connectivity index (χ0) is 8.10. The number of rotatable bonds is 3. The quantitative estimate of drug-likeness (QED) is 0.619. The highest BCUT2D eigenvalue weighted by Gasteiger charge is 2.17. The Morgan fingerprint density at radius 2 is 2.36 bits per heavy atom. The van der Waals surface area contributed by atoms with Gasteiger partial charge in [-0.25, -0.2) is 0 Å². The molecule has 0 amide bonds. The summed E-state index contributed by atoms with van der Waals surface area (Å²) in [6, 6.07) is 0. The predicted octanol–water partition coefficient (Wildman–Crippen LogP) is 2.50. The van der Waals surface area contributed by atoms with Gasteiger partial charge in [0.25, 0.3) is 0 Å². The molecule has 0 bridgehead atoms. The van der Waals surface area contributed by atoms with Crippen LogP contribution in [-0.4, -0.2) is 11.2 Å². The van der Waals surface area contributed by atoms with Gasteiger partial charge in [-0.05, 0) is 25.2 Å². The predicted molar refractivity (Wildman–Crippen MR) is 47.4 cm³/mol. The summed E-state index contributed by atoms with van der Waals surface area (Å²) in [5, 5.41) is 9.51. The van der Waals surface area contributed by atoms with Gasteiger partial charge in [-0.2, -0.15) is 0 Å². The van der Waals surface area contributed by atoms with Crippen LogP contribution < -0.4 is 0 Å². The molecule has 1 aliphatic rings. The molecule has 2 atom stereocenters. The second kappa shape index (κ2) is 4.55. The average Bonchev–Trinajstić information content (AvgIpc) is 2.03. The third kappa shape index (κ3) is 2.66. The fourth-order valence-electron chi connectivity index (χ4n) is 1.66. The first-order valence-corrected chi connectivity index (χ1v) is 4.69. The number of allylic oxidation sites excluding steroid dienone is 1. The molecule has 1 aliphatic carbocycles. The van der Waals surface area contributed by atoms with Crippen molar-refractivity contribution in [3.05, 3.63) is 12.2 Å². The van der Waals surface area contributed by atoms with Gasteiger partial charge in [-0.15, -0.1) is 0 Å². The minimum atomic E-state index is -0.157. The van der Waals surface area contributed by atoms with Gasteiger partial charge < -0.3 is 5.11 Å². The number of hydrogen-bond donors (Lipinski definition) is 1. The van der Waals surface area contributed by atoms with Gasteiger partial charge in [0.15, 0.2) is 0 Å². The van der Waals surface area contributed by atoms with Crippen LogP contribution in [0.25, 0.3) is 0 Å². The fraction of sp³-hybridized carbons (Fsp3) is 0.800. The maximum atomic E-state index is 9.51. The topological polar surface area (TPSA) is 20.2 Å². The number of aliphatic hydroxyl groups excluding tert-OH is 1. The lowest BCUT2D eigenvalue weighted by Crippen LogP contribution is -2.20. The molecule has 1 nitrogen and oxygen atoms in total. The highest BCUT2D eigenvalue weighted by atomic mass is 16.3. The molecule has 1 rings (SSSR count). The molecule has 1 unspecified atom stereocenters. The van der Waals surface area contributed by atoms with E-state index in [-0.39, 0.29) is 6.10 Å². The van der Waals surface area contributed by atoms with Crippen molar-refractivity contribution in [3.8, 4) is 0 Å². The van der Waals surface area contributed by atoms with E-state index in [1.807, 2.05) is 6.08 Å². The van der Waals surface area contributed by atoms with Gasteiger partial charge in [-0.1, -0.05) is 31.9 Å². The van der Waals surface area contributed by atoms with Crippen LogP contribution in [0.1, 0.15) is 39.0 Å². The first-order valence-electron chi connectivity index (χ1n) is 4.69. The second-order valence-electron chi connectivity index (χ2n) is 3.40. The molecule has 0 aromatic carbocycles. The summed E-state index contributed by atoms with van der Waals surface area (Å²) in [7, 11) is 0. The third-order valence-electron chi connectivity index (χ3n) is 2.45. The molecule has 0 heterocycles. The van der Waals surface area contributed by atoms with Crippen molar-refractivity contribution in [3.63, 3.8) is 0 Å². The van der Waals surface area contributed by atoms with Crippen LogP contribution >= 0.6 is 0 Å². The Morgan fingerprint density at radius 1 is 1.55 bits per heavy atom. The summed E-state index contributed by atoms with van der Waals surface area (Å²) < 4.78 is 0. The Morgan fingerprint density at radius 3 is 3.00 bits per heavy atom. The van der Waals surface area contributed by atoms with Crippen LogP contribution in [0.3, 0.4) is 0 Å². The molecular weight excluding hydrogens is 136 g/mol. The summed E-state index contributed by atoms with van der Waals surface area (Å²) in [5.41, 5.74) is 0. The zero-order valence-electron chi connectivity index (χ0n) is 7.29. The van der Waals surface area contributed by atoms with E-state index in [9.17, 15) is 5.11 Å². The number of hydrogen-bond acceptors (Lipinski definition) is 1. The second-order valence-corrected chi connectivity index (χ2v) is 3.40. The van der Waals surface area contributed by atoms with E-state index in [0.29, 0.717) is 5.92 Å². The minimum Gasteiger partial charge on any atom is -0.389 e. The lowest BCUT2D eigenvalue weighted by molar-refractivity contribution is 0.132. The highest BCUT2D eigenvalue weighted by molar-refractivity contribution is 4.97. The van der Waals surface area contributed by atoms with Crippen LogP contribution in [0.5, 0.6) is 0 Å². The first kappa shape index (κ1) is 8.79. The standard InChI is InChI=1S/C10H18O/c1-2-3-6-9-7-4-5-8-10(9)11/h5,8-11H,2-4,6-7H2,1H3/t9?,10-/m0/s1. The Balaban J connectivity index is 2.27. The van der Waals surface area contributed by atoms with E-state index in [1.165, 1.54) is 25.7 Å². The molecule has 0 fully saturated rings. The number of unbranched alkanes of at least 4 members (excludes halogenated alkanes) is 1.